The van der Waals surface area contributed by atoms with Crippen molar-refractivity contribution in [1.82, 2.24) is 0 Å². The molecule has 2 nitrogen and oxygen atoms in total. The van der Waals surface area contributed by atoms with E-state index in [1.54, 1.807) is 0 Å². The lowest BCUT2D eigenvalue weighted by atomic mass is 10.00. The minimum Gasteiger partial charge on any atom is -0.389 e. The monoisotopic (exact) mass is 191 g/mol. The van der Waals surface area contributed by atoms with Crippen LogP contribution in [0.15, 0.2) is 18.2 Å². The number of fused-ring (bicyclic) bond motifs is 1. The molecule has 2 heteroatoms. The van der Waals surface area contributed by atoms with Crippen LogP contribution in [0.1, 0.15) is 31.1 Å². The average Bonchev–Trinajstić information content (AvgIpc) is 2.43. The van der Waals surface area contributed by atoms with Gasteiger partial charge >= 0.3 is 0 Å². The molecule has 2 atom stereocenters. The fourth-order valence-corrected chi connectivity index (χ4v) is 2.21. The highest BCUT2D eigenvalue weighted by Crippen LogP contribution is 2.35. The molecule has 1 aliphatic heterocycles. The van der Waals surface area contributed by atoms with Gasteiger partial charge in [-0.2, -0.15) is 0 Å². The van der Waals surface area contributed by atoms with Crippen LogP contribution in [-0.4, -0.2) is 18.2 Å². The van der Waals surface area contributed by atoms with Crippen molar-refractivity contribution >= 4 is 5.69 Å². The van der Waals surface area contributed by atoms with Gasteiger partial charge in [-0.15, -0.1) is 0 Å². The van der Waals surface area contributed by atoms with Crippen molar-refractivity contribution in [3.8, 4) is 0 Å². The number of aliphatic hydroxyl groups is 1. The van der Waals surface area contributed by atoms with E-state index in [0.29, 0.717) is 6.04 Å². The zero-order chi connectivity index (χ0) is 10.3. The molecule has 0 amide bonds. The summed E-state index contributed by atoms with van der Waals surface area (Å²) in [5, 5.41) is 9.64. The Morgan fingerprint density at radius 3 is 2.86 bits per heavy atom. The normalized spacial score (nSPS) is 22.3. The molecule has 2 rings (SSSR count). The largest absolute Gasteiger partial charge is 0.389 e. The van der Waals surface area contributed by atoms with Crippen LogP contribution >= 0.6 is 0 Å². The fraction of sp³-hybridized carbons (Fsp3) is 0.500. The highest BCUT2D eigenvalue weighted by Gasteiger charge is 2.25. The van der Waals surface area contributed by atoms with Crippen molar-refractivity contribution in [2.75, 3.05) is 11.9 Å². The number of hydrogen-bond donors (Lipinski definition) is 1. The van der Waals surface area contributed by atoms with E-state index >= 15 is 0 Å². The quantitative estimate of drug-likeness (QED) is 0.735. The van der Waals surface area contributed by atoms with Crippen molar-refractivity contribution in [2.45, 2.75) is 32.4 Å². The minimum absolute atomic E-state index is 0.358. The first kappa shape index (κ1) is 9.53. The lowest BCUT2D eigenvalue weighted by Gasteiger charge is -2.18. The number of benzene rings is 1. The van der Waals surface area contributed by atoms with E-state index < -0.39 is 0 Å². The van der Waals surface area contributed by atoms with Crippen molar-refractivity contribution in [3.05, 3.63) is 29.3 Å². The van der Waals surface area contributed by atoms with Gasteiger partial charge in [0, 0.05) is 18.8 Å². The Morgan fingerprint density at radius 1 is 1.50 bits per heavy atom. The Bertz CT molecular complexity index is 346. The van der Waals surface area contributed by atoms with Crippen LogP contribution in [0.25, 0.3) is 0 Å². The number of hydrogen-bond acceptors (Lipinski definition) is 2. The number of nitrogens with zero attached hydrogens (tertiary/aromatic N) is 1. The smallest absolute Gasteiger partial charge is 0.0765 e. The maximum Gasteiger partial charge on any atom is 0.0765 e. The lowest BCUT2D eigenvalue weighted by Crippen LogP contribution is -2.23. The van der Waals surface area contributed by atoms with E-state index in [9.17, 15) is 5.11 Å². The summed E-state index contributed by atoms with van der Waals surface area (Å²) in [4.78, 5) is 2.28. The van der Waals surface area contributed by atoms with Crippen LogP contribution in [0.4, 0.5) is 5.69 Å². The first-order valence-electron chi connectivity index (χ1n) is 5.14. The topological polar surface area (TPSA) is 23.5 Å². The van der Waals surface area contributed by atoms with Crippen molar-refractivity contribution in [2.24, 2.45) is 0 Å². The second-order valence-electron chi connectivity index (χ2n) is 4.18. The van der Waals surface area contributed by atoms with Gasteiger partial charge in [0.15, 0.2) is 0 Å². The standard InChI is InChI=1S/C12H17NO/c1-8-7-11-10(9(2)14)5-4-6-12(11)13(8)3/h4-6,8-9,14H,7H2,1-3H3. The van der Waals surface area contributed by atoms with E-state index in [4.69, 9.17) is 0 Å². The molecular formula is C12H17NO. The third kappa shape index (κ3) is 1.30. The van der Waals surface area contributed by atoms with Crippen molar-refractivity contribution in [1.29, 1.82) is 0 Å². The summed E-state index contributed by atoms with van der Waals surface area (Å²) in [5.74, 6) is 0. The van der Waals surface area contributed by atoms with Gasteiger partial charge in [-0.25, -0.2) is 0 Å². The predicted octanol–water partition coefficient (Wildman–Crippen LogP) is 2.12. The van der Waals surface area contributed by atoms with Crippen molar-refractivity contribution in [3.63, 3.8) is 0 Å². The molecular weight excluding hydrogens is 174 g/mol. The second kappa shape index (κ2) is 3.28. The summed E-state index contributed by atoms with van der Waals surface area (Å²) in [6, 6.07) is 6.72. The van der Waals surface area contributed by atoms with Crippen LogP contribution in [0.5, 0.6) is 0 Å². The maximum absolute atomic E-state index is 9.64. The Balaban J connectivity index is 2.50. The molecule has 0 saturated carbocycles. The molecule has 0 bridgehead atoms. The van der Waals surface area contributed by atoms with Crippen LogP contribution in [0, 0.1) is 0 Å². The van der Waals surface area contributed by atoms with Gasteiger partial charge in [0.05, 0.1) is 6.10 Å². The molecule has 0 fully saturated rings. The first-order chi connectivity index (χ1) is 6.61. The zero-order valence-corrected chi connectivity index (χ0v) is 8.99. The van der Waals surface area contributed by atoms with Gasteiger partial charge in [0.25, 0.3) is 0 Å². The van der Waals surface area contributed by atoms with Crippen LogP contribution in [-0.2, 0) is 6.42 Å². The summed E-state index contributed by atoms with van der Waals surface area (Å²) in [6.45, 7) is 4.05. The molecule has 0 spiro atoms. The Morgan fingerprint density at radius 2 is 2.21 bits per heavy atom. The molecule has 1 aromatic carbocycles. The summed E-state index contributed by atoms with van der Waals surface area (Å²) in [6.07, 6.45) is 0.691. The minimum atomic E-state index is -0.358. The molecule has 0 aromatic heterocycles. The molecule has 1 heterocycles. The van der Waals surface area contributed by atoms with Gasteiger partial charge < -0.3 is 10.0 Å². The summed E-state index contributed by atoms with van der Waals surface area (Å²) < 4.78 is 0. The number of rotatable bonds is 1. The molecule has 0 aliphatic carbocycles. The SMILES string of the molecule is CC(O)c1cccc2c1CC(C)N2C. The van der Waals surface area contributed by atoms with E-state index in [1.165, 1.54) is 11.3 Å². The Kier molecular flexibility index (Phi) is 2.23. The van der Waals surface area contributed by atoms with Gasteiger partial charge in [0.2, 0.25) is 0 Å². The fourth-order valence-electron chi connectivity index (χ4n) is 2.21. The van der Waals surface area contributed by atoms with Crippen LogP contribution < -0.4 is 4.90 Å². The molecule has 2 unspecified atom stereocenters. The van der Waals surface area contributed by atoms with E-state index in [-0.39, 0.29) is 6.10 Å². The number of anilines is 1. The molecule has 0 saturated heterocycles. The first-order valence-corrected chi connectivity index (χ1v) is 5.14. The van der Waals surface area contributed by atoms with E-state index in [0.717, 1.165) is 12.0 Å². The third-order valence-electron chi connectivity index (χ3n) is 3.18. The number of likely N-dealkylation sites (N-methyl/N-ethyl adjacent to an activating group) is 1. The lowest BCUT2D eigenvalue weighted by molar-refractivity contribution is 0.198. The van der Waals surface area contributed by atoms with Crippen LogP contribution in [0.3, 0.4) is 0 Å². The maximum atomic E-state index is 9.64. The summed E-state index contributed by atoms with van der Waals surface area (Å²) >= 11 is 0. The zero-order valence-electron chi connectivity index (χ0n) is 8.99. The van der Waals surface area contributed by atoms with Gasteiger partial charge in [-0.1, -0.05) is 12.1 Å². The predicted molar refractivity (Wildman–Crippen MR) is 58.6 cm³/mol. The molecule has 1 N–H and O–H groups in total. The average molecular weight is 191 g/mol. The molecule has 76 valence electrons. The Hall–Kier alpha value is -1.02. The second-order valence-corrected chi connectivity index (χ2v) is 4.18. The van der Waals surface area contributed by atoms with Gasteiger partial charge in [-0.3, -0.25) is 0 Å². The summed E-state index contributed by atoms with van der Waals surface area (Å²) in [7, 11) is 2.11. The highest BCUT2D eigenvalue weighted by atomic mass is 16.3. The van der Waals surface area contributed by atoms with Crippen LogP contribution in [0.2, 0.25) is 0 Å². The van der Waals surface area contributed by atoms with Gasteiger partial charge in [-0.05, 0) is 37.5 Å². The summed E-state index contributed by atoms with van der Waals surface area (Å²) in [5.41, 5.74) is 3.67. The third-order valence-corrected chi connectivity index (χ3v) is 3.18. The molecule has 0 radical (unpaired) electrons. The molecule has 1 aromatic rings. The van der Waals surface area contributed by atoms with Crippen molar-refractivity contribution < 1.29 is 5.11 Å². The Labute approximate surface area is 85.2 Å². The van der Waals surface area contributed by atoms with Gasteiger partial charge in [0.1, 0.15) is 0 Å². The molecule has 1 aliphatic rings. The van der Waals surface area contributed by atoms with E-state index in [1.807, 2.05) is 19.1 Å². The highest BCUT2D eigenvalue weighted by molar-refractivity contribution is 5.61. The van der Waals surface area contributed by atoms with E-state index in [2.05, 4.69) is 24.9 Å². The molecule has 14 heavy (non-hydrogen) atoms. The number of aliphatic hydroxyl groups excluding tert-OH is 1.